The fraction of sp³-hybridized carbons (Fsp3) is 0.650. The highest BCUT2D eigenvalue weighted by molar-refractivity contribution is 14.0. The van der Waals surface area contributed by atoms with Gasteiger partial charge in [0, 0.05) is 40.5 Å². The van der Waals surface area contributed by atoms with Gasteiger partial charge in [-0.15, -0.1) is 24.0 Å². The van der Waals surface area contributed by atoms with Crippen molar-refractivity contribution in [2.24, 2.45) is 10.9 Å². The Hall–Kier alpha value is -0.860. The number of nitrogens with one attached hydrogen (secondary N) is 1. The molecule has 0 radical (unpaired) electrons. The Morgan fingerprint density at radius 3 is 2.73 bits per heavy atom. The maximum absolute atomic E-state index is 5.45. The summed E-state index contributed by atoms with van der Waals surface area (Å²) in [6.45, 7) is 7.18. The number of hydrogen-bond acceptors (Lipinski definition) is 3. The van der Waals surface area contributed by atoms with Gasteiger partial charge in [-0.25, -0.2) is 4.99 Å². The van der Waals surface area contributed by atoms with Crippen molar-refractivity contribution in [1.29, 1.82) is 0 Å². The number of nitrogens with zero attached hydrogens (tertiary/aromatic N) is 2. The first-order valence-electron chi connectivity index (χ1n) is 9.37. The van der Waals surface area contributed by atoms with Crippen LogP contribution in [0.4, 0.5) is 0 Å². The van der Waals surface area contributed by atoms with Crippen molar-refractivity contribution in [3.63, 3.8) is 0 Å². The number of halogens is 1. The van der Waals surface area contributed by atoms with Crippen LogP contribution in [0.1, 0.15) is 37.3 Å². The van der Waals surface area contributed by atoms with Crippen LogP contribution in [0.5, 0.6) is 0 Å². The van der Waals surface area contributed by atoms with E-state index in [0.29, 0.717) is 13.2 Å². The highest BCUT2D eigenvalue weighted by Gasteiger charge is 2.15. The standard InChI is InChI=1S/C20H33N3O2.HI/c1-4-21-20(23(2)11-8-17-9-12-25-13-10-17)22-15-18-6-5-7-19(14-18)16-24-3;/h5-7,14,17H,4,8-13,15-16H2,1-3H3,(H,21,22);1H. The smallest absolute Gasteiger partial charge is 0.193 e. The summed E-state index contributed by atoms with van der Waals surface area (Å²) in [7, 11) is 3.85. The lowest BCUT2D eigenvalue weighted by molar-refractivity contribution is 0.0625. The van der Waals surface area contributed by atoms with Gasteiger partial charge in [0.1, 0.15) is 0 Å². The molecule has 6 heteroatoms. The average molecular weight is 475 g/mol. The van der Waals surface area contributed by atoms with Gasteiger partial charge >= 0.3 is 0 Å². The molecule has 0 aromatic heterocycles. The van der Waals surface area contributed by atoms with Gasteiger partial charge in [-0.2, -0.15) is 0 Å². The largest absolute Gasteiger partial charge is 0.381 e. The van der Waals surface area contributed by atoms with Crippen LogP contribution >= 0.6 is 24.0 Å². The van der Waals surface area contributed by atoms with Gasteiger partial charge in [0.25, 0.3) is 0 Å². The predicted molar refractivity (Wildman–Crippen MR) is 118 cm³/mol. The molecule has 0 atom stereocenters. The molecule has 26 heavy (non-hydrogen) atoms. The molecule has 0 aliphatic carbocycles. The summed E-state index contributed by atoms with van der Waals surface area (Å²) in [5.41, 5.74) is 2.40. The van der Waals surface area contributed by atoms with Crippen LogP contribution in [0.2, 0.25) is 0 Å². The molecular weight excluding hydrogens is 441 g/mol. The fourth-order valence-electron chi connectivity index (χ4n) is 3.14. The summed E-state index contributed by atoms with van der Waals surface area (Å²) < 4.78 is 10.7. The summed E-state index contributed by atoms with van der Waals surface area (Å²) in [5.74, 6) is 1.76. The van der Waals surface area contributed by atoms with Gasteiger partial charge in [0.15, 0.2) is 5.96 Å². The third-order valence-electron chi connectivity index (χ3n) is 4.62. The normalized spacial score (nSPS) is 15.4. The van der Waals surface area contributed by atoms with Crippen molar-refractivity contribution >= 4 is 29.9 Å². The summed E-state index contributed by atoms with van der Waals surface area (Å²) in [5, 5.41) is 3.41. The second-order valence-corrected chi connectivity index (χ2v) is 6.69. The van der Waals surface area contributed by atoms with Crippen LogP contribution in [-0.2, 0) is 22.6 Å². The molecule has 1 N–H and O–H groups in total. The van der Waals surface area contributed by atoms with E-state index < -0.39 is 0 Å². The SMILES string of the molecule is CCNC(=NCc1cccc(COC)c1)N(C)CCC1CCOCC1.I. The topological polar surface area (TPSA) is 46.1 Å². The molecule has 0 amide bonds. The van der Waals surface area contributed by atoms with Crippen LogP contribution in [-0.4, -0.2) is 51.3 Å². The van der Waals surface area contributed by atoms with Crippen molar-refractivity contribution in [3.8, 4) is 0 Å². The molecule has 5 nitrogen and oxygen atoms in total. The first kappa shape index (κ1) is 23.2. The fourth-order valence-corrected chi connectivity index (χ4v) is 3.14. The lowest BCUT2D eigenvalue weighted by Gasteiger charge is -2.26. The number of guanidine groups is 1. The number of rotatable bonds is 8. The monoisotopic (exact) mass is 475 g/mol. The number of hydrogen-bond donors (Lipinski definition) is 1. The van der Waals surface area contributed by atoms with Crippen LogP contribution in [0.15, 0.2) is 29.3 Å². The van der Waals surface area contributed by atoms with Gasteiger partial charge in [-0.3, -0.25) is 0 Å². The van der Waals surface area contributed by atoms with Crippen molar-refractivity contribution in [2.75, 3.05) is 40.5 Å². The van der Waals surface area contributed by atoms with Crippen molar-refractivity contribution in [3.05, 3.63) is 35.4 Å². The molecule has 2 rings (SSSR count). The lowest BCUT2D eigenvalue weighted by Crippen LogP contribution is -2.40. The molecule has 148 valence electrons. The molecule has 1 aromatic carbocycles. The molecule has 1 heterocycles. The van der Waals surface area contributed by atoms with E-state index in [1.807, 2.05) is 0 Å². The minimum Gasteiger partial charge on any atom is -0.381 e. The third-order valence-corrected chi connectivity index (χ3v) is 4.62. The molecule has 0 spiro atoms. The van der Waals surface area contributed by atoms with E-state index in [1.54, 1.807) is 7.11 Å². The first-order valence-corrected chi connectivity index (χ1v) is 9.37. The van der Waals surface area contributed by atoms with Crippen LogP contribution < -0.4 is 5.32 Å². The first-order chi connectivity index (χ1) is 12.2. The maximum atomic E-state index is 5.45. The van der Waals surface area contributed by atoms with Gasteiger partial charge < -0.3 is 19.7 Å². The van der Waals surface area contributed by atoms with E-state index in [4.69, 9.17) is 14.5 Å². The molecule has 0 saturated carbocycles. The lowest BCUT2D eigenvalue weighted by atomic mass is 9.96. The number of ether oxygens (including phenoxy) is 2. The molecule has 1 saturated heterocycles. The van der Waals surface area contributed by atoms with Crippen molar-refractivity contribution < 1.29 is 9.47 Å². The summed E-state index contributed by atoms with van der Waals surface area (Å²) >= 11 is 0. The molecule has 1 aromatic rings. The van der Waals surface area contributed by atoms with Crippen molar-refractivity contribution in [1.82, 2.24) is 10.2 Å². The summed E-state index contributed by atoms with van der Waals surface area (Å²) in [6, 6.07) is 8.44. The zero-order chi connectivity index (χ0) is 17.9. The molecular formula is C20H34IN3O2. The van der Waals surface area contributed by atoms with Gasteiger partial charge in [-0.1, -0.05) is 24.3 Å². The Bertz CT molecular complexity index is 534. The Labute approximate surface area is 175 Å². The van der Waals surface area contributed by atoms with Crippen LogP contribution in [0.25, 0.3) is 0 Å². The number of benzene rings is 1. The van der Waals surface area contributed by atoms with Gasteiger partial charge in [0.2, 0.25) is 0 Å². The van der Waals surface area contributed by atoms with E-state index in [2.05, 4.69) is 48.5 Å². The maximum Gasteiger partial charge on any atom is 0.193 e. The van der Waals surface area contributed by atoms with E-state index >= 15 is 0 Å². The third kappa shape index (κ3) is 8.22. The highest BCUT2D eigenvalue weighted by atomic mass is 127. The van der Waals surface area contributed by atoms with Crippen LogP contribution in [0.3, 0.4) is 0 Å². The minimum absolute atomic E-state index is 0. The predicted octanol–water partition coefficient (Wildman–Crippen LogP) is 3.67. The summed E-state index contributed by atoms with van der Waals surface area (Å²) in [4.78, 5) is 7.06. The Morgan fingerprint density at radius 2 is 2.04 bits per heavy atom. The number of aliphatic imine (C=N–C) groups is 1. The molecule has 1 fully saturated rings. The minimum atomic E-state index is 0. The van der Waals surface area contributed by atoms with Crippen LogP contribution in [0, 0.1) is 5.92 Å². The quantitative estimate of drug-likeness (QED) is 0.354. The van der Waals surface area contributed by atoms with E-state index in [-0.39, 0.29) is 24.0 Å². The zero-order valence-electron chi connectivity index (χ0n) is 16.4. The van der Waals surface area contributed by atoms with E-state index in [1.165, 1.54) is 30.4 Å². The Morgan fingerprint density at radius 1 is 1.31 bits per heavy atom. The molecule has 0 bridgehead atoms. The Balaban J connectivity index is 0.00000338. The second-order valence-electron chi connectivity index (χ2n) is 6.69. The molecule has 0 unspecified atom stereocenters. The highest BCUT2D eigenvalue weighted by Crippen LogP contribution is 2.18. The Kier molecular flexibility index (Phi) is 11.9. The number of methoxy groups -OCH3 is 1. The second kappa shape index (κ2) is 13.3. The van der Waals surface area contributed by atoms with E-state index in [9.17, 15) is 0 Å². The zero-order valence-corrected chi connectivity index (χ0v) is 18.7. The van der Waals surface area contributed by atoms with E-state index in [0.717, 1.165) is 38.2 Å². The molecule has 1 aliphatic heterocycles. The average Bonchev–Trinajstić information content (AvgIpc) is 2.64. The van der Waals surface area contributed by atoms with Crippen molar-refractivity contribution in [2.45, 2.75) is 39.3 Å². The summed E-state index contributed by atoms with van der Waals surface area (Å²) in [6.07, 6.45) is 3.58. The van der Waals surface area contributed by atoms with Gasteiger partial charge in [0.05, 0.1) is 13.2 Å². The molecule has 1 aliphatic rings. The van der Waals surface area contributed by atoms with Gasteiger partial charge in [-0.05, 0) is 43.2 Å².